The molecule has 0 aromatic carbocycles. The molecule has 0 aliphatic carbocycles. The largest absolute Gasteiger partial charge is 0.382 e. The van der Waals surface area contributed by atoms with E-state index in [2.05, 4.69) is 15.4 Å². The van der Waals surface area contributed by atoms with Gasteiger partial charge in [-0.2, -0.15) is 5.10 Å². The van der Waals surface area contributed by atoms with E-state index in [4.69, 9.17) is 11.6 Å². The van der Waals surface area contributed by atoms with Crippen LogP contribution in [-0.4, -0.2) is 21.3 Å². The minimum Gasteiger partial charge on any atom is -0.382 e. The molecule has 0 radical (unpaired) electrons. The van der Waals surface area contributed by atoms with Crippen molar-refractivity contribution in [2.24, 2.45) is 7.05 Å². The molecule has 0 atom stereocenters. The second kappa shape index (κ2) is 5.29. The molecular formula is C10H11ClN4OS. The molecule has 0 aliphatic rings. The number of nitrogens with zero attached hydrogens (tertiary/aromatic N) is 3. The number of nitrogens with one attached hydrogen (secondary N) is 1. The minimum atomic E-state index is -0.301. The first kappa shape index (κ1) is 12.1. The summed E-state index contributed by atoms with van der Waals surface area (Å²) in [5.74, 6) is 0. The fourth-order valence-corrected chi connectivity index (χ4v) is 2.15. The summed E-state index contributed by atoms with van der Waals surface area (Å²) in [6, 6.07) is 0. The summed E-state index contributed by atoms with van der Waals surface area (Å²) in [5, 5.41) is 9.13. The van der Waals surface area contributed by atoms with Crippen molar-refractivity contribution in [1.29, 1.82) is 0 Å². The minimum absolute atomic E-state index is 0.167. The standard InChI is InChI=1S/C10H11ClN4OS/c1-15-10(16)9(11)8(4-14-15)12-3-2-7-5-17-6-13-7/h4-6,12H,2-3H2,1H3. The van der Waals surface area contributed by atoms with Gasteiger partial charge in [-0.3, -0.25) is 4.79 Å². The van der Waals surface area contributed by atoms with Crippen LogP contribution in [0.15, 0.2) is 21.9 Å². The third kappa shape index (κ3) is 2.83. The van der Waals surface area contributed by atoms with E-state index in [9.17, 15) is 4.79 Å². The van der Waals surface area contributed by atoms with E-state index in [1.165, 1.54) is 4.68 Å². The van der Waals surface area contributed by atoms with Gasteiger partial charge in [0.1, 0.15) is 5.02 Å². The number of aromatic nitrogens is 3. The zero-order chi connectivity index (χ0) is 12.3. The van der Waals surface area contributed by atoms with Crippen LogP contribution in [0.25, 0.3) is 0 Å². The van der Waals surface area contributed by atoms with Crippen molar-refractivity contribution in [1.82, 2.24) is 14.8 Å². The second-order valence-electron chi connectivity index (χ2n) is 3.46. The molecule has 2 heterocycles. The summed E-state index contributed by atoms with van der Waals surface area (Å²) in [7, 11) is 1.56. The van der Waals surface area contributed by atoms with Gasteiger partial charge in [0.15, 0.2) is 0 Å². The Bertz CT molecular complexity index is 552. The van der Waals surface area contributed by atoms with Gasteiger partial charge in [-0.15, -0.1) is 11.3 Å². The van der Waals surface area contributed by atoms with Crippen molar-refractivity contribution in [3.63, 3.8) is 0 Å². The molecule has 0 fully saturated rings. The highest BCUT2D eigenvalue weighted by molar-refractivity contribution is 7.07. The zero-order valence-corrected chi connectivity index (χ0v) is 10.8. The van der Waals surface area contributed by atoms with Gasteiger partial charge in [0.05, 0.1) is 23.1 Å². The summed E-state index contributed by atoms with van der Waals surface area (Å²) in [6.07, 6.45) is 2.33. The Morgan fingerprint density at radius 3 is 3.12 bits per heavy atom. The summed E-state index contributed by atoms with van der Waals surface area (Å²) in [4.78, 5) is 15.7. The van der Waals surface area contributed by atoms with E-state index >= 15 is 0 Å². The normalized spacial score (nSPS) is 10.5. The molecule has 0 saturated carbocycles. The number of halogens is 1. The Labute approximate surface area is 107 Å². The van der Waals surface area contributed by atoms with Crippen molar-refractivity contribution in [3.05, 3.63) is 38.2 Å². The molecule has 2 rings (SSSR count). The van der Waals surface area contributed by atoms with E-state index < -0.39 is 0 Å². The van der Waals surface area contributed by atoms with Crippen LogP contribution in [0.3, 0.4) is 0 Å². The Kier molecular flexibility index (Phi) is 3.75. The molecule has 90 valence electrons. The lowest BCUT2D eigenvalue weighted by atomic mass is 10.3. The third-order valence-corrected chi connectivity index (χ3v) is 3.26. The fourth-order valence-electron chi connectivity index (χ4n) is 1.32. The van der Waals surface area contributed by atoms with Crippen LogP contribution >= 0.6 is 22.9 Å². The lowest BCUT2D eigenvalue weighted by molar-refractivity contribution is 0.708. The van der Waals surface area contributed by atoms with Crippen molar-refractivity contribution in [2.75, 3.05) is 11.9 Å². The number of aryl methyl sites for hydroxylation is 1. The van der Waals surface area contributed by atoms with E-state index in [0.29, 0.717) is 12.2 Å². The molecule has 0 amide bonds. The van der Waals surface area contributed by atoms with E-state index in [-0.39, 0.29) is 10.6 Å². The second-order valence-corrected chi connectivity index (χ2v) is 4.55. The monoisotopic (exact) mass is 270 g/mol. The molecule has 0 spiro atoms. The molecular weight excluding hydrogens is 260 g/mol. The van der Waals surface area contributed by atoms with E-state index in [1.807, 2.05) is 5.38 Å². The highest BCUT2D eigenvalue weighted by Gasteiger charge is 2.06. The smallest absolute Gasteiger partial charge is 0.287 e. The molecule has 0 bridgehead atoms. The van der Waals surface area contributed by atoms with Gasteiger partial charge in [-0.25, -0.2) is 9.67 Å². The Morgan fingerprint density at radius 2 is 2.41 bits per heavy atom. The highest BCUT2D eigenvalue weighted by atomic mass is 35.5. The number of rotatable bonds is 4. The Balaban J connectivity index is 2.00. The van der Waals surface area contributed by atoms with Gasteiger partial charge in [-0.1, -0.05) is 11.6 Å². The van der Waals surface area contributed by atoms with Crippen molar-refractivity contribution in [3.8, 4) is 0 Å². The zero-order valence-electron chi connectivity index (χ0n) is 9.18. The van der Waals surface area contributed by atoms with Crippen molar-refractivity contribution in [2.45, 2.75) is 6.42 Å². The van der Waals surface area contributed by atoms with Gasteiger partial charge in [0.25, 0.3) is 5.56 Å². The first-order chi connectivity index (χ1) is 8.18. The summed E-state index contributed by atoms with van der Waals surface area (Å²) < 4.78 is 1.20. The van der Waals surface area contributed by atoms with Crippen molar-refractivity contribution >= 4 is 28.6 Å². The highest BCUT2D eigenvalue weighted by Crippen LogP contribution is 2.14. The molecule has 0 saturated heterocycles. The van der Waals surface area contributed by atoms with E-state index in [1.54, 1.807) is 30.1 Å². The van der Waals surface area contributed by atoms with Gasteiger partial charge in [0.2, 0.25) is 0 Å². The maximum Gasteiger partial charge on any atom is 0.287 e. The maximum absolute atomic E-state index is 11.5. The first-order valence-electron chi connectivity index (χ1n) is 5.01. The predicted octanol–water partition coefficient (Wildman–Crippen LogP) is 1.54. The molecule has 2 aromatic rings. The van der Waals surface area contributed by atoms with Gasteiger partial charge >= 0.3 is 0 Å². The summed E-state index contributed by atoms with van der Waals surface area (Å²) >= 11 is 7.47. The molecule has 1 N–H and O–H groups in total. The third-order valence-electron chi connectivity index (χ3n) is 2.26. The first-order valence-corrected chi connectivity index (χ1v) is 6.33. The fraction of sp³-hybridized carbons (Fsp3) is 0.300. The molecule has 0 unspecified atom stereocenters. The maximum atomic E-state index is 11.5. The quantitative estimate of drug-likeness (QED) is 0.916. The summed E-state index contributed by atoms with van der Waals surface area (Å²) in [5.41, 5.74) is 3.08. The average molecular weight is 271 g/mol. The Morgan fingerprint density at radius 1 is 1.59 bits per heavy atom. The molecule has 0 aliphatic heterocycles. The lowest BCUT2D eigenvalue weighted by Gasteiger charge is -2.07. The Hall–Kier alpha value is -1.40. The summed E-state index contributed by atoms with van der Waals surface area (Å²) in [6.45, 7) is 0.665. The SMILES string of the molecule is Cn1ncc(NCCc2cscn2)c(Cl)c1=O. The van der Waals surface area contributed by atoms with Gasteiger partial charge in [-0.05, 0) is 0 Å². The number of thiazole rings is 1. The molecule has 5 nitrogen and oxygen atoms in total. The van der Waals surface area contributed by atoms with Crippen LogP contribution < -0.4 is 10.9 Å². The topological polar surface area (TPSA) is 59.8 Å². The van der Waals surface area contributed by atoms with Gasteiger partial charge < -0.3 is 5.32 Å². The average Bonchev–Trinajstić information content (AvgIpc) is 2.82. The van der Waals surface area contributed by atoms with Crippen LogP contribution in [0.4, 0.5) is 5.69 Å². The predicted molar refractivity (Wildman–Crippen MR) is 68.8 cm³/mol. The van der Waals surface area contributed by atoms with Crippen molar-refractivity contribution < 1.29 is 0 Å². The number of hydrogen-bond donors (Lipinski definition) is 1. The van der Waals surface area contributed by atoms with Crippen LogP contribution in [-0.2, 0) is 13.5 Å². The van der Waals surface area contributed by atoms with Gasteiger partial charge in [0, 0.05) is 25.4 Å². The van der Waals surface area contributed by atoms with E-state index in [0.717, 1.165) is 12.1 Å². The van der Waals surface area contributed by atoms with Crippen LogP contribution in [0, 0.1) is 0 Å². The van der Waals surface area contributed by atoms with Crippen LogP contribution in [0.2, 0.25) is 5.02 Å². The molecule has 2 aromatic heterocycles. The number of anilines is 1. The molecule has 7 heteroatoms. The lowest BCUT2D eigenvalue weighted by Crippen LogP contribution is -2.21. The molecule has 17 heavy (non-hydrogen) atoms. The van der Waals surface area contributed by atoms with Crippen LogP contribution in [0.5, 0.6) is 0 Å². The van der Waals surface area contributed by atoms with Crippen LogP contribution in [0.1, 0.15) is 5.69 Å². The number of hydrogen-bond acceptors (Lipinski definition) is 5.